The van der Waals surface area contributed by atoms with Gasteiger partial charge in [0, 0.05) is 25.1 Å². The summed E-state index contributed by atoms with van der Waals surface area (Å²) in [6, 6.07) is 0. The Kier molecular flexibility index (Phi) is 6.57. The Bertz CT molecular complexity index is 341. The molecule has 0 atom stereocenters. The number of hydrogen-bond acceptors (Lipinski definition) is 6. The van der Waals surface area contributed by atoms with Gasteiger partial charge in [0.2, 0.25) is 0 Å². The van der Waals surface area contributed by atoms with Crippen molar-refractivity contribution in [2.24, 2.45) is 0 Å². The highest BCUT2D eigenvalue weighted by atomic mass is 32.1. The monoisotopic (exact) mass is 258 g/mol. The first kappa shape index (κ1) is 13.9. The van der Waals surface area contributed by atoms with Crippen LogP contribution in [0.4, 0.5) is 5.13 Å². The third-order valence-corrected chi connectivity index (χ3v) is 2.79. The number of nitrogens with zero attached hydrogens (tertiary/aromatic N) is 1. The minimum absolute atomic E-state index is 0.349. The molecule has 0 amide bonds. The van der Waals surface area contributed by atoms with E-state index in [4.69, 9.17) is 4.74 Å². The van der Waals surface area contributed by atoms with Crippen molar-refractivity contribution >= 4 is 22.4 Å². The lowest BCUT2D eigenvalue weighted by Crippen LogP contribution is -2.07. The van der Waals surface area contributed by atoms with Gasteiger partial charge < -0.3 is 14.8 Å². The second kappa shape index (κ2) is 8.03. The summed E-state index contributed by atoms with van der Waals surface area (Å²) in [4.78, 5) is 15.3. The first-order valence-corrected chi connectivity index (χ1v) is 6.51. The molecule has 1 N–H and O–H groups in total. The van der Waals surface area contributed by atoms with Gasteiger partial charge in [-0.3, -0.25) is 0 Å². The van der Waals surface area contributed by atoms with Crippen molar-refractivity contribution in [2.45, 2.75) is 19.8 Å². The number of ether oxygens (including phenoxy) is 2. The number of methoxy groups -OCH3 is 1. The molecule has 1 aromatic rings. The quantitative estimate of drug-likeness (QED) is 0.572. The standard InChI is InChI=1S/C11H18N2O3S/c1-3-6-16-7-4-5-12-11-13-9(8-17-11)10(14)15-2/h8H,3-7H2,1-2H3,(H,12,13). The molecule has 6 heteroatoms. The smallest absolute Gasteiger partial charge is 0.357 e. The highest BCUT2D eigenvalue weighted by Crippen LogP contribution is 2.15. The van der Waals surface area contributed by atoms with Crippen molar-refractivity contribution in [1.29, 1.82) is 0 Å². The molecule has 0 fully saturated rings. The summed E-state index contributed by atoms with van der Waals surface area (Å²) in [6.07, 6.45) is 1.97. The molecule has 5 nitrogen and oxygen atoms in total. The van der Waals surface area contributed by atoms with Gasteiger partial charge in [0.05, 0.1) is 7.11 Å². The number of carbonyl (C=O) groups excluding carboxylic acids is 1. The van der Waals surface area contributed by atoms with E-state index in [0.29, 0.717) is 5.69 Å². The van der Waals surface area contributed by atoms with Crippen LogP contribution in [0.25, 0.3) is 0 Å². The van der Waals surface area contributed by atoms with Gasteiger partial charge in [-0.2, -0.15) is 0 Å². The van der Waals surface area contributed by atoms with Gasteiger partial charge >= 0.3 is 5.97 Å². The van der Waals surface area contributed by atoms with Crippen LogP contribution in [0.2, 0.25) is 0 Å². The van der Waals surface area contributed by atoms with Crippen LogP contribution in [0.3, 0.4) is 0 Å². The van der Waals surface area contributed by atoms with E-state index in [1.54, 1.807) is 5.38 Å². The van der Waals surface area contributed by atoms with Crippen LogP contribution < -0.4 is 5.32 Å². The summed E-state index contributed by atoms with van der Waals surface area (Å²) in [6.45, 7) is 4.43. The second-order valence-corrected chi connectivity index (χ2v) is 4.28. The molecule has 1 rings (SSSR count). The van der Waals surface area contributed by atoms with Gasteiger partial charge in [-0.15, -0.1) is 11.3 Å². The maximum Gasteiger partial charge on any atom is 0.357 e. The molecule has 0 spiro atoms. The summed E-state index contributed by atoms with van der Waals surface area (Å²) in [5.41, 5.74) is 0.349. The molecule has 0 aromatic carbocycles. The van der Waals surface area contributed by atoms with Crippen molar-refractivity contribution in [3.05, 3.63) is 11.1 Å². The van der Waals surface area contributed by atoms with E-state index in [2.05, 4.69) is 22.0 Å². The Morgan fingerprint density at radius 2 is 2.35 bits per heavy atom. The fourth-order valence-corrected chi connectivity index (χ4v) is 1.88. The largest absolute Gasteiger partial charge is 0.464 e. The van der Waals surface area contributed by atoms with Gasteiger partial charge in [-0.1, -0.05) is 6.92 Å². The van der Waals surface area contributed by atoms with Crippen molar-refractivity contribution in [3.8, 4) is 0 Å². The van der Waals surface area contributed by atoms with Crippen LogP contribution in [0.5, 0.6) is 0 Å². The molecule has 1 aromatic heterocycles. The topological polar surface area (TPSA) is 60.5 Å². The van der Waals surface area contributed by atoms with Crippen LogP contribution in [-0.4, -0.2) is 37.8 Å². The zero-order chi connectivity index (χ0) is 12.5. The van der Waals surface area contributed by atoms with E-state index in [9.17, 15) is 4.79 Å². The second-order valence-electron chi connectivity index (χ2n) is 3.42. The molecular weight excluding hydrogens is 240 g/mol. The van der Waals surface area contributed by atoms with Crippen molar-refractivity contribution in [3.63, 3.8) is 0 Å². The van der Waals surface area contributed by atoms with Crippen molar-refractivity contribution in [2.75, 3.05) is 32.2 Å². The molecule has 96 valence electrons. The molecule has 0 unspecified atom stereocenters. The maximum absolute atomic E-state index is 11.1. The third kappa shape index (κ3) is 5.14. The summed E-state index contributed by atoms with van der Waals surface area (Å²) >= 11 is 1.40. The number of nitrogens with one attached hydrogen (secondary N) is 1. The first-order chi connectivity index (χ1) is 8.27. The van der Waals surface area contributed by atoms with E-state index >= 15 is 0 Å². The van der Waals surface area contributed by atoms with E-state index in [0.717, 1.165) is 37.7 Å². The minimum atomic E-state index is -0.402. The van der Waals surface area contributed by atoms with Crippen LogP contribution in [0.1, 0.15) is 30.3 Å². The van der Waals surface area contributed by atoms with Gasteiger partial charge in [0.25, 0.3) is 0 Å². The van der Waals surface area contributed by atoms with Gasteiger partial charge in [0.15, 0.2) is 10.8 Å². The SMILES string of the molecule is CCCOCCCNc1nc(C(=O)OC)cs1. The van der Waals surface area contributed by atoms with Gasteiger partial charge in [-0.25, -0.2) is 9.78 Å². The predicted octanol–water partition coefficient (Wildman–Crippen LogP) is 2.16. The van der Waals surface area contributed by atoms with E-state index < -0.39 is 5.97 Å². The predicted molar refractivity (Wildman–Crippen MR) is 67.7 cm³/mol. The normalized spacial score (nSPS) is 10.2. The van der Waals surface area contributed by atoms with Crippen LogP contribution in [-0.2, 0) is 9.47 Å². The molecule has 0 bridgehead atoms. The van der Waals surface area contributed by atoms with Gasteiger partial charge in [0.1, 0.15) is 0 Å². The molecule has 17 heavy (non-hydrogen) atoms. The molecule has 0 radical (unpaired) electrons. The lowest BCUT2D eigenvalue weighted by Gasteiger charge is -2.03. The lowest BCUT2D eigenvalue weighted by molar-refractivity contribution is 0.0595. The fourth-order valence-electron chi connectivity index (χ4n) is 1.17. The Balaban J connectivity index is 2.19. The third-order valence-electron chi connectivity index (χ3n) is 1.99. The molecule has 1 heterocycles. The number of hydrogen-bond donors (Lipinski definition) is 1. The Morgan fingerprint density at radius 3 is 3.06 bits per heavy atom. The van der Waals surface area contributed by atoms with Gasteiger partial charge in [-0.05, 0) is 12.8 Å². The Morgan fingerprint density at radius 1 is 1.53 bits per heavy atom. The van der Waals surface area contributed by atoms with E-state index in [1.807, 2.05) is 0 Å². The molecule has 0 aliphatic heterocycles. The number of rotatable bonds is 8. The Labute approximate surface area is 105 Å². The average Bonchev–Trinajstić information content (AvgIpc) is 2.81. The van der Waals surface area contributed by atoms with Crippen LogP contribution in [0.15, 0.2) is 5.38 Å². The number of thiazole rings is 1. The zero-order valence-corrected chi connectivity index (χ0v) is 11.0. The van der Waals surface area contributed by atoms with Crippen LogP contribution in [0, 0.1) is 0 Å². The van der Waals surface area contributed by atoms with Crippen molar-refractivity contribution < 1.29 is 14.3 Å². The number of aromatic nitrogens is 1. The molecule has 0 saturated heterocycles. The van der Waals surface area contributed by atoms with E-state index in [-0.39, 0.29) is 0 Å². The van der Waals surface area contributed by atoms with Crippen molar-refractivity contribution in [1.82, 2.24) is 4.98 Å². The molecule has 0 saturated carbocycles. The zero-order valence-electron chi connectivity index (χ0n) is 10.2. The number of carbonyl (C=O) groups is 1. The molecule has 0 aliphatic rings. The summed E-state index contributed by atoms with van der Waals surface area (Å²) in [5.74, 6) is -0.402. The minimum Gasteiger partial charge on any atom is -0.464 e. The highest BCUT2D eigenvalue weighted by molar-refractivity contribution is 7.13. The average molecular weight is 258 g/mol. The molecule has 0 aliphatic carbocycles. The highest BCUT2D eigenvalue weighted by Gasteiger charge is 2.09. The summed E-state index contributed by atoms with van der Waals surface area (Å²) in [5, 5.41) is 5.56. The summed E-state index contributed by atoms with van der Waals surface area (Å²) < 4.78 is 9.93. The fraction of sp³-hybridized carbons (Fsp3) is 0.636. The maximum atomic E-state index is 11.1. The van der Waals surface area contributed by atoms with Crippen LogP contribution >= 0.6 is 11.3 Å². The number of esters is 1. The first-order valence-electron chi connectivity index (χ1n) is 5.63. The molecular formula is C11H18N2O3S. The number of anilines is 1. The summed E-state index contributed by atoms with van der Waals surface area (Å²) in [7, 11) is 1.35. The lowest BCUT2D eigenvalue weighted by atomic mass is 10.4. The van der Waals surface area contributed by atoms with E-state index in [1.165, 1.54) is 18.4 Å². The Hall–Kier alpha value is -1.14.